The van der Waals surface area contributed by atoms with Crippen molar-refractivity contribution in [2.45, 2.75) is 51.9 Å². The van der Waals surface area contributed by atoms with Crippen LogP contribution in [0.1, 0.15) is 40.0 Å². The van der Waals surface area contributed by atoms with E-state index >= 15 is 0 Å². The number of unbranched alkanes of at least 4 members (excludes halogenated alkanes) is 2. The van der Waals surface area contributed by atoms with Crippen LogP contribution in [0.3, 0.4) is 0 Å². The van der Waals surface area contributed by atoms with Gasteiger partial charge in [-0.15, -0.1) is 0 Å². The van der Waals surface area contributed by atoms with E-state index in [4.69, 9.17) is 9.47 Å². The number of hydrogen-bond acceptors (Lipinski definition) is 3. The third-order valence-electron chi connectivity index (χ3n) is 2.79. The van der Waals surface area contributed by atoms with Crippen molar-refractivity contribution in [3.05, 3.63) is 24.3 Å². The van der Waals surface area contributed by atoms with Crippen molar-refractivity contribution in [2.24, 2.45) is 0 Å². The molecule has 1 fully saturated rings. The van der Waals surface area contributed by atoms with Gasteiger partial charge >= 0.3 is 0 Å². The second-order valence-electron chi connectivity index (χ2n) is 5.13. The minimum absolute atomic E-state index is 0.0625. The summed E-state index contributed by atoms with van der Waals surface area (Å²) in [4.78, 5) is 11.5. The zero-order chi connectivity index (χ0) is 14.1. The predicted octanol–water partition coefficient (Wildman–Crippen LogP) is 2.56. The number of amides is 1. The molecule has 1 aliphatic rings. The molecule has 0 aromatic rings. The van der Waals surface area contributed by atoms with Gasteiger partial charge in [-0.2, -0.15) is 0 Å². The van der Waals surface area contributed by atoms with Crippen LogP contribution in [0.2, 0.25) is 0 Å². The van der Waals surface area contributed by atoms with Gasteiger partial charge < -0.3 is 14.8 Å². The van der Waals surface area contributed by atoms with Gasteiger partial charge in [0.25, 0.3) is 0 Å². The number of nitrogens with one attached hydrogen (secondary N) is 1. The summed E-state index contributed by atoms with van der Waals surface area (Å²) >= 11 is 0. The normalized spacial score (nSPS) is 22.4. The highest BCUT2D eigenvalue weighted by Gasteiger charge is 2.32. The summed E-state index contributed by atoms with van der Waals surface area (Å²) in [5.41, 5.74) is 0. The SMILES string of the molecule is CCCC/C=C/C=C/C(=O)NCC1COC(C)(C)O1. The van der Waals surface area contributed by atoms with E-state index in [1.54, 1.807) is 6.08 Å². The molecule has 0 aromatic heterocycles. The molecule has 1 heterocycles. The molecular formula is C15H25NO3. The standard InChI is InChI=1S/C15H25NO3/c1-4-5-6-7-8-9-10-14(17)16-11-13-12-18-15(2,3)19-13/h7-10,13H,4-6,11-12H2,1-3H3,(H,16,17)/b8-7+,10-9+. The highest BCUT2D eigenvalue weighted by Crippen LogP contribution is 2.21. The fourth-order valence-corrected chi connectivity index (χ4v) is 1.78. The molecule has 0 radical (unpaired) electrons. The van der Waals surface area contributed by atoms with E-state index in [9.17, 15) is 4.79 Å². The fraction of sp³-hybridized carbons (Fsp3) is 0.667. The highest BCUT2D eigenvalue weighted by molar-refractivity contribution is 5.87. The van der Waals surface area contributed by atoms with Crippen LogP contribution in [0.4, 0.5) is 0 Å². The molecule has 0 spiro atoms. The molecule has 1 unspecified atom stereocenters. The zero-order valence-electron chi connectivity index (χ0n) is 12.1. The summed E-state index contributed by atoms with van der Waals surface area (Å²) in [7, 11) is 0. The molecule has 0 saturated carbocycles. The van der Waals surface area contributed by atoms with Crippen LogP contribution < -0.4 is 5.32 Å². The van der Waals surface area contributed by atoms with E-state index < -0.39 is 5.79 Å². The lowest BCUT2D eigenvalue weighted by molar-refractivity contribution is -0.139. The number of ether oxygens (including phenoxy) is 2. The first-order chi connectivity index (χ1) is 9.03. The molecule has 1 atom stereocenters. The maximum Gasteiger partial charge on any atom is 0.244 e. The van der Waals surface area contributed by atoms with Gasteiger partial charge in [-0.1, -0.05) is 38.0 Å². The Kier molecular flexibility index (Phi) is 6.81. The molecule has 0 aromatic carbocycles. The second-order valence-corrected chi connectivity index (χ2v) is 5.13. The Morgan fingerprint density at radius 3 is 2.84 bits per heavy atom. The predicted molar refractivity (Wildman–Crippen MR) is 75.7 cm³/mol. The van der Waals surface area contributed by atoms with Crippen LogP contribution >= 0.6 is 0 Å². The quantitative estimate of drug-likeness (QED) is 0.438. The van der Waals surface area contributed by atoms with Gasteiger partial charge in [0.15, 0.2) is 5.79 Å². The zero-order valence-corrected chi connectivity index (χ0v) is 12.1. The Hall–Kier alpha value is -1.13. The Morgan fingerprint density at radius 1 is 1.42 bits per heavy atom. The minimum atomic E-state index is -0.534. The van der Waals surface area contributed by atoms with E-state index in [2.05, 4.69) is 18.3 Å². The Bertz CT molecular complexity index is 334. The average Bonchev–Trinajstić information content (AvgIpc) is 2.71. The summed E-state index contributed by atoms with van der Waals surface area (Å²) in [6.45, 7) is 6.90. The molecule has 1 amide bonds. The number of allylic oxidation sites excluding steroid dienone is 3. The van der Waals surface area contributed by atoms with Crippen molar-refractivity contribution in [1.29, 1.82) is 0 Å². The topological polar surface area (TPSA) is 47.6 Å². The first-order valence-electron chi connectivity index (χ1n) is 6.96. The van der Waals surface area contributed by atoms with Gasteiger partial charge in [-0.3, -0.25) is 4.79 Å². The highest BCUT2D eigenvalue weighted by atomic mass is 16.7. The van der Waals surface area contributed by atoms with Crippen LogP contribution in [0.25, 0.3) is 0 Å². The second kappa shape index (κ2) is 8.12. The molecular weight excluding hydrogens is 242 g/mol. The molecule has 108 valence electrons. The third-order valence-corrected chi connectivity index (χ3v) is 2.79. The lowest BCUT2D eigenvalue weighted by atomic mass is 10.2. The molecule has 19 heavy (non-hydrogen) atoms. The summed E-state index contributed by atoms with van der Waals surface area (Å²) in [6, 6.07) is 0. The largest absolute Gasteiger partial charge is 0.350 e. The van der Waals surface area contributed by atoms with E-state index in [1.807, 2.05) is 19.9 Å². The number of rotatable bonds is 7. The van der Waals surface area contributed by atoms with Crippen molar-refractivity contribution in [3.8, 4) is 0 Å². The van der Waals surface area contributed by atoms with Crippen molar-refractivity contribution >= 4 is 5.91 Å². The van der Waals surface area contributed by atoms with E-state index in [0.717, 1.165) is 6.42 Å². The van der Waals surface area contributed by atoms with Crippen molar-refractivity contribution in [3.63, 3.8) is 0 Å². The van der Waals surface area contributed by atoms with Crippen LogP contribution in [-0.4, -0.2) is 30.9 Å². The molecule has 4 nitrogen and oxygen atoms in total. The smallest absolute Gasteiger partial charge is 0.244 e. The molecule has 1 rings (SSSR count). The fourth-order valence-electron chi connectivity index (χ4n) is 1.78. The molecule has 1 saturated heterocycles. The van der Waals surface area contributed by atoms with Crippen LogP contribution in [-0.2, 0) is 14.3 Å². The third kappa shape index (κ3) is 7.13. The van der Waals surface area contributed by atoms with Crippen molar-refractivity contribution < 1.29 is 14.3 Å². The van der Waals surface area contributed by atoms with Crippen molar-refractivity contribution in [1.82, 2.24) is 5.32 Å². The van der Waals surface area contributed by atoms with E-state index in [1.165, 1.54) is 18.9 Å². The summed E-state index contributed by atoms with van der Waals surface area (Å²) in [5, 5.41) is 2.80. The maximum absolute atomic E-state index is 11.5. The summed E-state index contributed by atoms with van der Waals surface area (Å²) in [5.74, 6) is -0.638. The summed E-state index contributed by atoms with van der Waals surface area (Å²) < 4.78 is 11.0. The van der Waals surface area contributed by atoms with Crippen molar-refractivity contribution in [2.75, 3.05) is 13.2 Å². The number of carbonyl (C=O) groups excluding carboxylic acids is 1. The van der Waals surface area contributed by atoms with E-state index in [-0.39, 0.29) is 12.0 Å². The Balaban J connectivity index is 2.14. The van der Waals surface area contributed by atoms with Gasteiger partial charge in [0.2, 0.25) is 5.91 Å². The van der Waals surface area contributed by atoms with Gasteiger partial charge in [0.1, 0.15) is 6.10 Å². The van der Waals surface area contributed by atoms with Crippen LogP contribution in [0.15, 0.2) is 24.3 Å². The lowest BCUT2D eigenvalue weighted by Crippen LogP contribution is -2.33. The number of hydrogen-bond donors (Lipinski definition) is 1. The molecule has 0 aliphatic carbocycles. The first-order valence-corrected chi connectivity index (χ1v) is 6.96. The van der Waals surface area contributed by atoms with Gasteiger partial charge in [-0.25, -0.2) is 0 Å². The maximum atomic E-state index is 11.5. The Labute approximate surface area is 115 Å². The average molecular weight is 267 g/mol. The monoisotopic (exact) mass is 267 g/mol. The van der Waals surface area contributed by atoms with E-state index in [0.29, 0.717) is 13.2 Å². The van der Waals surface area contributed by atoms with Crippen LogP contribution in [0.5, 0.6) is 0 Å². The van der Waals surface area contributed by atoms with Crippen LogP contribution in [0, 0.1) is 0 Å². The van der Waals surface area contributed by atoms with Gasteiger partial charge in [0.05, 0.1) is 6.61 Å². The Morgan fingerprint density at radius 2 is 2.21 bits per heavy atom. The molecule has 0 bridgehead atoms. The molecule has 4 heteroatoms. The molecule has 1 aliphatic heterocycles. The van der Waals surface area contributed by atoms with Gasteiger partial charge in [0, 0.05) is 12.6 Å². The molecule has 1 N–H and O–H groups in total. The minimum Gasteiger partial charge on any atom is -0.350 e. The van der Waals surface area contributed by atoms with Gasteiger partial charge in [-0.05, 0) is 20.3 Å². The number of carbonyl (C=O) groups is 1. The first kappa shape index (κ1) is 15.9. The summed E-state index contributed by atoms with van der Waals surface area (Å²) in [6.07, 6.45) is 10.7. The lowest BCUT2D eigenvalue weighted by Gasteiger charge is -2.17.